The normalized spacial score (nSPS) is 17.8. The molecule has 0 spiro atoms. The summed E-state index contributed by atoms with van der Waals surface area (Å²) in [7, 11) is 0. The first-order valence-corrected chi connectivity index (χ1v) is 13.2. The first-order chi connectivity index (χ1) is 17.7. The predicted octanol–water partition coefficient (Wildman–Crippen LogP) is 3.18. The molecule has 11 heteroatoms. The van der Waals surface area contributed by atoms with E-state index in [9.17, 15) is 14.4 Å². The third-order valence-corrected chi connectivity index (χ3v) is 6.19. The van der Waals surface area contributed by atoms with Crippen LogP contribution in [0.15, 0.2) is 22.7 Å². The van der Waals surface area contributed by atoms with Gasteiger partial charge in [-0.2, -0.15) is 4.98 Å². The maximum atomic E-state index is 13.0. The van der Waals surface area contributed by atoms with Gasteiger partial charge < -0.3 is 24.8 Å². The van der Waals surface area contributed by atoms with Crippen molar-refractivity contribution >= 4 is 29.3 Å². The summed E-state index contributed by atoms with van der Waals surface area (Å²) < 4.78 is 11.2. The molecule has 202 valence electrons. The molecule has 1 aromatic heterocycles. The van der Waals surface area contributed by atoms with Gasteiger partial charge >= 0.3 is 0 Å². The minimum atomic E-state index is -0.299. The van der Waals surface area contributed by atoms with Crippen molar-refractivity contribution in [2.75, 3.05) is 26.2 Å². The highest BCUT2D eigenvalue weighted by molar-refractivity contribution is 6.31. The quantitative estimate of drug-likeness (QED) is 0.583. The summed E-state index contributed by atoms with van der Waals surface area (Å²) in [6.07, 6.45) is 3.04. The number of rotatable bonds is 6. The lowest BCUT2D eigenvalue weighted by molar-refractivity contribution is -0.136. The van der Waals surface area contributed by atoms with Gasteiger partial charge in [0, 0.05) is 37.4 Å². The molecule has 0 saturated carbocycles. The monoisotopic (exact) mass is 533 g/mol. The zero-order valence-corrected chi connectivity index (χ0v) is 22.5. The number of benzene rings is 1. The van der Waals surface area contributed by atoms with Crippen LogP contribution in [0.3, 0.4) is 0 Å². The molecular weight excluding hydrogens is 498 g/mol. The molecule has 2 N–H and O–H groups in total. The van der Waals surface area contributed by atoms with E-state index < -0.39 is 0 Å². The highest BCUT2D eigenvalue weighted by Gasteiger charge is 2.22. The van der Waals surface area contributed by atoms with E-state index in [0.29, 0.717) is 79.2 Å². The average Bonchev–Trinajstić information content (AvgIpc) is 3.32. The highest BCUT2D eigenvalue weighted by atomic mass is 35.5. The van der Waals surface area contributed by atoms with Crippen LogP contribution in [0.4, 0.5) is 0 Å². The predicted molar refractivity (Wildman–Crippen MR) is 138 cm³/mol. The van der Waals surface area contributed by atoms with Crippen molar-refractivity contribution in [1.82, 2.24) is 25.7 Å². The molecule has 2 heterocycles. The van der Waals surface area contributed by atoms with Gasteiger partial charge in [0.05, 0.1) is 18.2 Å². The molecule has 3 rings (SSSR count). The molecule has 0 aliphatic carbocycles. The second-order valence-corrected chi connectivity index (χ2v) is 10.0. The fraction of sp³-hybridized carbons (Fsp3) is 0.577. The number of nitrogens with zero attached hydrogens (tertiary/aromatic N) is 3. The van der Waals surface area contributed by atoms with Crippen LogP contribution in [0.25, 0.3) is 0 Å². The van der Waals surface area contributed by atoms with Crippen LogP contribution in [0, 0.1) is 5.92 Å². The van der Waals surface area contributed by atoms with Gasteiger partial charge in [-0.3, -0.25) is 14.4 Å². The second-order valence-electron chi connectivity index (χ2n) is 9.58. The molecule has 0 radical (unpaired) electrons. The number of nitrogens with one attached hydrogen (secondary N) is 2. The molecular formula is C26H36ClN5O5. The second kappa shape index (κ2) is 14.0. The summed E-state index contributed by atoms with van der Waals surface area (Å²) in [5.41, 5.74) is 0.348. The lowest BCUT2D eigenvalue weighted by Gasteiger charge is -2.25. The first-order valence-electron chi connectivity index (χ1n) is 12.8. The van der Waals surface area contributed by atoms with Gasteiger partial charge in [0.25, 0.3) is 5.91 Å². The van der Waals surface area contributed by atoms with Crippen molar-refractivity contribution in [1.29, 1.82) is 0 Å². The number of halogens is 1. The molecule has 0 saturated heterocycles. The fourth-order valence-electron chi connectivity index (χ4n) is 4.10. The minimum absolute atomic E-state index is 0.0595. The molecule has 1 atom stereocenters. The number of ether oxygens (including phenoxy) is 1. The van der Waals surface area contributed by atoms with E-state index >= 15 is 0 Å². The number of amides is 3. The zero-order valence-electron chi connectivity index (χ0n) is 21.7. The lowest BCUT2D eigenvalue weighted by Crippen LogP contribution is -2.46. The standard InChI is InChI=1S/C26H36ClN5O5/c1-4-22-30-24(37-31-22)9-10-25(34)32-12-6-5-11-28-26(35)20-14-18(27)7-8-21(20)36-16-19(13-17(2)3)29-23(33)15-32/h7-8,14,17,19H,4-6,9-13,15-16H2,1-3H3,(H,28,35)(H,29,33)/t19-/m1/s1. The summed E-state index contributed by atoms with van der Waals surface area (Å²) in [6.45, 7) is 6.96. The fourth-order valence-corrected chi connectivity index (χ4v) is 4.28. The van der Waals surface area contributed by atoms with Crippen molar-refractivity contribution in [3.05, 3.63) is 40.5 Å². The summed E-state index contributed by atoms with van der Waals surface area (Å²) in [5.74, 6) is 1.00. The number of carbonyl (C=O) groups is 3. The van der Waals surface area contributed by atoms with E-state index in [1.165, 1.54) is 0 Å². The van der Waals surface area contributed by atoms with Gasteiger partial charge in [0.1, 0.15) is 12.4 Å². The Balaban J connectivity index is 1.72. The first kappa shape index (κ1) is 28.4. The molecule has 1 aliphatic rings. The van der Waals surface area contributed by atoms with E-state index in [-0.39, 0.29) is 43.3 Å². The largest absolute Gasteiger partial charge is 0.491 e. The van der Waals surface area contributed by atoms with Gasteiger partial charge in [-0.05, 0) is 43.4 Å². The Morgan fingerprint density at radius 2 is 2.08 bits per heavy atom. The molecule has 2 aromatic rings. The summed E-state index contributed by atoms with van der Waals surface area (Å²) >= 11 is 6.13. The van der Waals surface area contributed by atoms with E-state index in [2.05, 4.69) is 34.6 Å². The topological polar surface area (TPSA) is 127 Å². The lowest BCUT2D eigenvalue weighted by atomic mass is 10.0. The Morgan fingerprint density at radius 1 is 1.27 bits per heavy atom. The van der Waals surface area contributed by atoms with E-state index in [1.54, 1.807) is 23.1 Å². The summed E-state index contributed by atoms with van der Waals surface area (Å²) in [4.78, 5) is 44.7. The van der Waals surface area contributed by atoms with Crippen LogP contribution in [-0.2, 0) is 22.4 Å². The number of carbonyl (C=O) groups excluding carboxylic acids is 3. The van der Waals surface area contributed by atoms with Crippen LogP contribution < -0.4 is 15.4 Å². The van der Waals surface area contributed by atoms with Gasteiger partial charge in [0.15, 0.2) is 5.82 Å². The maximum Gasteiger partial charge on any atom is 0.255 e. The van der Waals surface area contributed by atoms with Crippen molar-refractivity contribution in [3.63, 3.8) is 0 Å². The van der Waals surface area contributed by atoms with Crippen molar-refractivity contribution in [2.24, 2.45) is 5.92 Å². The molecule has 1 aliphatic heterocycles. The van der Waals surface area contributed by atoms with Crippen LogP contribution in [0.2, 0.25) is 5.02 Å². The van der Waals surface area contributed by atoms with Crippen LogP contribution >= 0.6 is 11.6 Å². The molecule has 0 bridgehead atoms. The Bertz CT molecular complexity index is 1070. The van der Waals surface area contributed by atoms with Crippen molar-refractivity contribution in [2.45, 2.75) is 65.3 Å². The number of fused-ring (bicyclic) bond motifs is 1. The van der Waals surface area contributed by atoms with Gasteiger partial charge in [-0.25, -0.2) is 0 Å². The van der Waals surface area contributed by atoms with Crippen molar-refractivity contribution < 1.29 is 23.6 Å². The number of hydrogen-bond donors (Lipinski definition) is 2. The van der Waals surface area contributed by atoms with Gasteiger partial charge in [-0.1, -0.05) is 37.5 Å². The molecule has 10 nitrogen and oxygen atoms in total. The Hall–Kier alpha value is -3.14. The van der Waals surface area contributed by atoms with Gasteiger partial charge in [0.2, 0.25) is 17.7 Å². The molecule has 37 heavy (non-hydrogen) atoms. The van der Waals surface area contributed by atoms with E-state index in [4.69, 9.17) is 20.9 Å². The molecule has 0 unspecified atom stereocenters. The van der Waals surface area contributed by atoms with E-state index in [1.807, 2.05) is 6.92 Å². The van der Waals surface area contributed by atoms with Crippen LogP contribution in [0.1, 0.15) is 68.5 Å². The minimum Gasteiger partial charge on any atom is -0.491 e. The SMILES string of the molecule is CCc1noc(CCC(=O)N2CCCCNC(=O)c3cc(Cl)ccc3OC[C@@H](CC(C)C)NC(=O)C2)n1. The summed E-state index contributed by atoms with van der Waals surface area (Å²) in [6, 6.07) is 4.61. The number of aromatic nitrogens is 2. The van der Waals surface area contributed by atoms with Crippen LogP contribution in [0.5, 0.6) is 5.75 Å². The molecule has 3 amide bonds. The maximum absolute atomic E-state index is 13.0. The van der Waals surface area contributed by atoms with E-state index in [0.717, 1.165) is 0 Å². The third-order valence-electron chi connectivity index (χ3n) is 5.95. The Kier molecular flexibility index (Phi) is 10.7. The number of aryl methyl sites for hydroxylation is 2. The summed E-state index contributed by atoms with van der Waals surface area (Å²) in [5, 5.41) is 10.2. The number of hydrogen-bond acceptors (Lipinski definition) is 7. The Morgan fingerprint density at radius 3 is 2.81 bits per heavy atom. The zero-order chi connectivity index (χ0) is 26.8. The molecule has 0 fully saturated rings. The smallest absolute Gasteiger partial charge is 0.255 e. The highest BCUT2D eigenvalue weighted by Crippen LogP contribution is 2.24. The van der Waals surface area contributed by atoms with Crippen molar-refractivity contribution in [3.8, 4) is 5.75 Å². The van der Waals surface area contributed by atoms with Gasteiger partial charge in [-0.15, -0.1) is 0 Å². The molecule has 1 aromatic carbocycles. The third kappa shape index (κ3) is 9.03. The van der Waals surface area contributed by atoms with Crippen LogP contribution in [-0.4, -0.2) is 65.0 Å². The Labute approximate surface area is 222 Å². The average molecular weight is 534 g/mol.